The molecule has 0 aliphatic carbocycles. The second-order valence-electron chi connectivity index (χ2n) is 5.15. The summed E-state index contributed by atoms with van der Waals surface area (Å²) < 4.78 is 26.4. The molecule has 0 spiro atoms. The van der Waals surface area contributed by atoms with Gasteiger partial charge < -0.3 is 9.88 Å². The molecule has 0 unspecified atom stereocenters. The predicted octanol–water partition coefficient (Wildman–Crippen LogP) is 0.687. The molecule has 0 saturated carbocycles. The highest BCUT2D eigenvalue weighted by Crippen LogP contribution is 2.21. The number of nitrogens with one attached hydrogen (secondary N) is 1. The normalized spacial score (nSPS) is 19.2. The van der Waals surface area contributed by atoms with Crippen LogP contribution >= 0.6 is 0 Å². The number of H-pyrrole nitrogens is 1. The molecule has 108 valence electrons. The number of nitrogens with zero attached hydrogens (tertiary/aromatic N) is 3. The Morgan fingerprint density at radius 2 is 2.05 bits per heavy atom. The van der Waals surface area contributed by atoms with Crippen molar-refractivity contribution in [1.29, 1.82) is 0 Å². The molecule has 1 aromatic heterocycles. The molecule has 7 heteroatoms. The first-order valence-corrected chi connectivity index (χ1v) is 8.09. The Morgan fingerprint density at radius 3 is 2.53 bits per heavy atom. The van der Waals surface area contributed by atoms with Crippen molar-refractivity contribution in [2.24, 2.45) is 0 Å². The van der Waals surface area contributed by atoms with Gasteiger partial charge in [-0.25, -0.2) is 13.4 Å². The van der Waals surface area contributed by atoms with E-state index in [1.165, 1.54) is 6.20 Å². The molecule has 2 heterocycles. The van der Waals surface area contributed by atoms with Crippen molar-refractivity contribution in [3.63, 3.8) is 0 Å². The number of aryl methyl sites for hydroxylation is 1. The molecule has 1 aromatic rings. The number of sulfonamides is 1. The highest BCUT2D eigenvalue weighted by Gasteiger charge is 2.31. The molecule has 1 fully saturated rings. The van der Waals surface area contributed by atoms with Crippen LogP contribution in [0.3, 0.4) is 0 Å². The van der Waals surface area contributed by atoms with Crippen LogP contribution in [0.4, 0.5) is 0 Å². The van der Waals surface area contributed by atoms with Crippen molar-refractivity contribution < 1.29 is 8.42 Å². The second kappa shape index (κ2) is 5.60. The molecule has 0 radical (unpaired) electrons. The van der Waals surface area contributed by atoms with Crippen LogP contribution in [-0.4, -0.2) is 60.8 Å². The van der Waals surface area contributed by atoms with Crippen LogP contribution in [0.2, 0.25) is 0 Å². The third-order valence-electron chi connectivity index (χ3n) is 3.71. The molecule has 0 atom stereocenters. The lowest BCUT2D eigenvalue weighted by atomic mass is 10.1. The Kier molecular flexibility index (Phi) is 4.27. The van der Waals surface area contributed by atoms with E-state index in [0.717, 1.165) is 12.8 Å². The zero-order chi connectivity index (χ0) is 14.0. The average Bonchev–Trinajstić information content (AvgIpc) is 2.88. The van der Waals surface area contributed by atoms with E-state index in [-0.39, 0.29) is 5.03 Å². The Labute approximate surface area is 114 Å². The van der Waals surface area contributed by atoms with Gasteiger partial charge in [-0.15, -0.1) is 0 Å². The van der Waals surface area contributed by atoms with Crippen molar-refractivity contribution in [1.82, 2.24) is 19.2 Å². The maximum atomic E-state index is 12.4. The standard InChI is InChI=1S/C12H22N4O2S/c1-4-11-13-9-12(14-11)19(17,18)16-7-5-10(6-8-16)15(2)3/h9-10H,4-8H2,1-3H3,(H,13,14). The monoisotopic (exact) mass is 286 g/mol. The van der Waals surface area contributed by atoms with Gasteiger partial charge in [0.1, 0.15) is 5.82 Å². The number of imidazole rings is 1. The number of hydrogen-bond donors (Lipinski definition) is 1. The number of aromatic amines is 1. The van der Waals surface area contributed by atoms with E-state index in [9.17, 15) is 8.42 Å². The highest BCUT2D eigenvalue weighted by molar-refractivity contribution is 7.89. The molecule has 1 saturated heterocycles. The van der Waals surface area contributed by atoms with E-state index in [2.05, 4.69) is 14.9 Å². The number of piperidine rings is 1. The van der Waals surface area contributed by atoms with Crippen LogP contribution in [0, 0.1) is 0 Å². The largest absolute Gasteiger partial charge is 0.332 e. The zero-order valence-corrected chi connectivity index (χ0v) is 12.6. The topological polar surface area (TPSA) is 69.3 Å². The van der Waals surface area contributed by atoms with E-state index in [0.29, 0.717) is 31.4 Å². The Bertz CT molecular complexity index is 516. The Hall–Kier alpha value is -0.920. The molecule has 0 bridgehead atoms. The van der Waals surface area contributed by atoms with E-state index in [1.54, 1.807) is 4.31 Å². The molecule has 6 nitrogen and oxygen atoms in total. The maximum Gasteiger partial charge on any atom is 0.260 e. The van der Waals surface area contributed by atoms with Crippen LogP contribution in [-0.2, 0) is 16.4 Å². The summed E-state index contributed by atoms with van der Waals surface area (Å²) in [6.07, 6.45) is 3.88. The zero-order valence-electron chi connectivity index (χ0n) is 11.8. The molecule has 1 aliphatic heterocycles. The smallest absolute Gasteiger partial charge is 0.260 e. The minimum absolute atomic E-state index is 0.215. The fourth-order valence-electron chi connectivity index (χ4n) is 2.39. The van der Waals surface area contributed by atoms with Crippen molar-refractivity contribution in [3.8, 4) is 0 Å². The second-order valence-corrected chi connectivity index (χ2v) is 7.05. The van der Waals surface area contributed by atoms with Gasteiger partial charge in [-0.2, -0.15) is 4.31 Å². The summed E-state index contributed by atoms with van der Waals surface area (Å²) in [5.74, 6) is 0.710. The van der Waals surface area contributed by atoms with Gasteiger partial charge in [0.25, 0.3) is 10.0 Å². The number of aromatic nitrogens is 2. The van der Waals surface area contributed by atoms with Gasteiger partial charge in [-0.1, -0.05) is 6.92 Å². The van der Waals surface area contributed by atoms with Crippen molar-refractivity contribution in [3.05, 3.63) is 12.0 Å². The van der Waals surface area contributed by atoms with Crippen molar-refractivity contribution >= 4 is 10.0 Å². The van der Waals surface area contributed by atoms with E-state index in [4.69, 9.17) is 0 Å². The summed E-state index contributed by atoms with van der Waals surface area (Å²) in [5.41, 5.74) is 0. The predicted molar refractivity (Wildman–Crippen MR) is 73.4 cm³/mol. The first kappa shape index (κ1) is 14.5. The van der Waals surface area contributed by atoms with E-state index in [1.807, 2.05) is 21.0 Å². The fraction of sp³-hybridized carbons (Fsp3) is 0.750. The molecular formula is C12H22N4O2S. The van der Waals surface area contributed by atoms with Gasteiger partial charge in [0.05, 0.1) is 6.20 Å². The van der Waals surface area contributed by atoms with Crippen LogP contribution in [0.1, 0.15) is 25.6 Å². The molecule has 19 heavy (non-hydrogen) atoms. The molecule has 1 N–H and O–H groups in total. The van der Waals surface area contributed by atoms with Crippen LogP contribution in [0.5, 0.6) is 0 Å². The highest BCUT2D eigenvalue weighted by atomic mass is 32.2. The summed E-state index contributed by atoms with van der Waals surface area (Å²) >= 11 is 0. The van der Waals surface area contributed by atoms with Gasteiger partial charge in [-0.3, -0.25) is 0 Å². The van der Waals surface area contributed by atoms with Crippen LogP contribution in [0.15, 0.2) is 11.2 Å². The van der Waals surface area contributed by atoms with Gasteiger partial charge in [0, 0.05) is 25.6 Å². The fourth-order valence-corrected chi connectivity index (χ4v) is 3.79. The summed E-state index contributed by atoms with van der Waals surface area (Å²) in [4.78, 5) is 9.11. The van der Waals surface area contributed by atoms with E-state index < -0.39 is 10.0 Å². The van der Waals surface area contributed by atoms with Crippen LogP contribution in [0.25, 0.3) is 0 Å². The Balaban J connectivity index is 2.09. The van der Waals surface area contributed by atoms with Crippen molar-refractivity contribution in [2.75, 3.05) is 27.2 Å². The summed E-state index contributed by atoms with van der Waals surface area (Å²) in [5, 5.41) is 0.215. The molecule has 1 aliphatic rings. The third-order valence-corrected chi connectivity index (χ3v) is 5.52. The molecular weight excluding hydrogens is 264 g/mol. The first-order valence-electron chi connectivity index (χ1n) is 6.65. The Morgan fingerprint density at radius 1 is 1.42 bits per heavy atom. The lowest BCUT2D eigenvalue weighted by Gasteiger charge is -2.34. The molecule has 0 amide bonds. The number of rotatable bonds is 4. The SMILES string of the molecule is CCc1ncc(S(=O)(=O)N2CCC(N(C)C)CC2)[nH]1. The maximum absolute atomic E-state index is 12.4. The van der Waals surface area contributed by atoms with Gasteiger partial charge >= 0.3 is 0 Å². The van der Waals surface area contributed by atoms with Gasteiger partial charge in [0.2, 0.25) is 0 Å². The van der Waals surface area contributed by atoms with Crippen LogP contribution < -0.4 is 0 Å². The number of hydrogen-bond acceptors (Lipinski definition) is 4. The van der Waals surface area contributed by atoms with E-state index >= 15 is 0 Å². The quantitative estimate of drug-likeness (QED) is 0.884. The lowest BCUT2D eigenvalue weighted by Crippen LogP contribution is -2.44. The van der Waals surface area contributed by atoms with Gasteiger partial charge in [0.15, 0.2) is 5.03 Å². The van der Waals surface area contributed by atoms with Gasteiger partial charge in [-0.05, 0) is 26.9 Å². The minimum atomic E-state index is -3.40. The average molecular weight is 286 g/mol. The summed E-state index contributed by atoms with van der Waals surface area (Å²) in [7, 11) is 0.674. The lowest BCUT2D eigenvalue weighted by molar-refractivity contribution is 0.196. The molecule has 2 rings (SSSR count). The summed E-state index contributed by atoms with van der Waals surface area (Å²) in [6, 6.07) is 0.472. The van der Waals surface area contributed by atoms with Crippen molar-refractivity contribution in [2.45, 2.75) is 37.3 Å². The summed E-state index contributed by atoms with van der Waals surface area (Å²) in [6.45, 7) is 3.09. The minimum Gasteiger partial charge on any atom is -0.332 e. The first-order chi connectivity index (χ1) is 8.95. The third kappa shape index (κ3) is 2.98. The molecule has 0 aromatic carbocycles.